The standard InChI is InChI=1S/C8H11N5O2/c1-11-8(15)13-6-3-4(7(10)14)2-5(9)12-6/h2-3H,1H3,(H2,10,14)(H4,9,11,12,13,15). The van der Waals surface area contributed by atoms with Crippen LogP contribution < -0.4 is 22.1 Å². The lowest BCUT2D eigenvalue weighted by Gasteiger charge is -2.05. The van der Waals surface area contributed by atoms with Gasteiger partial charge in [-0.25, -0.2) is 9.78 Å². The van der Waals surface area contributed by atoms with Gasteiger partial charge in [-0.2, -0.15) is 0 Å². The monoisotopic (exact) mass is 209 g/mol. The average Bonchev–Trinajstić information content (AvgIpc) is 2.16. The van der Waals surface area contributed by atoms with Crippen LogP contribution in [0.5, 0.6) is 0 Å². The number of nitrogen functional groups attached to an aromatic ring is 1. The zero-order chi connectivity index (χ0) is 11.4. The molecule has 0 radical (unpaired) electrons. The molecule has 0 atom stereocenters. The fraction of sp³-hybridized carbons (Fsp3) is 0.125. The van der Waals surface area contributed by atoms with Crippen molar-refractivity contribution in [3.8, 4) is 0 Å². The minimum absolute atomic E-state index is 0.109. The van der Waals surface area contributed by atoms with Crippen molar-refractivity contribution in [1.82, 2.24) is 10.3 Å². The Labute approximate surface area is 85.8 Å². The van der Waals surface area contributed by atoms with Crippen molar-refractivity contribution >= 4 is 23.6 Å². The van der Waals surface area contributed by atoms with Crippen LogP contribution in [-0.2, 0) is 0 Å². The molecule has 0 saturated heterocycles. The second-order valence-electron chi connectivity index (χ2n) is 2.73. The summed E-state index contributed by atoms with van der Waals surface area (Å²) in [4.78, 5) is 25.6. The summed E-state index contributed by atoms with van der Waals surface area (Å²) < 4.78 is 0. The van der Waals surface area contributed by atoms with Crippen molar-refractivity contribution in [3.63, 3.8) is 0 Å². The summed E-state index contributed by atoms with van der Waals surface area (Å²) >= 11 is 0. The molecule has 0 aliphatic heterocycles. The van der Waals surface area contributed by atoms with Crippen molar-refractivity contribution in [2.24, 2.45) is 5.73 Å². The minimum atomic E-state index is -0.635. The van der Waals surface area contributed by atoms with Crippen molar-refractivity contribution in [2.75, 3.05) is 18.1 Å². The number of amides is 3. The quantitative estimate of drug-likeness (QED) is 0.524. The maximum absolute atomic E-state index is 11.0. The number of primary amides is 1. The first-order chi connectivity index (χ1) is 7.02. The molecular weight excluding hydrogens is 198 g/mol. The summed E-state index contributed by atoms with van der Waals surface area (Å²) in [5.41, 5.74) is 10.7. The number of pyridine rings is 1. The van der Waals surface area contributed by atoms with E-state index in [1.54, 1.807) is 0 Å². The smallest absolute Gasteiger partial charge is 0.320 e. The lowest BCUT2D eigenvalue weighted by molar-refractivity contribution is 0.1000. The first-order valence-electron chi connectivity index (χ1n) is 4.09. The molecule has 1 rings (SSSR count). The molecule has 0 spiro atoms. The van der Waals surface area contributed by atoms with Gasteiger partial charge in [0.2, 0.25) is 5.91 Å². The van der Waals surface area contributed by atoms with Crippen LogP contribution in [-0.4, -0.2) is 24.0 Å². The second-order valence-corrected chi connectivity index (χ2v) is 2.73. The van der Waals surface area contributed by atoms with Crippen molar-refractivity contribution in [1.29, 1.82) is 0 Å². The molecule has 0 unspecified atom stereocenters. The topological polar surface area (TPSA) is 123 Å². The Kier molecular flexibility index (Phi) is 3.06. The first-order valence-corrected chi connectivity index (χ1v) is 4.09. The number of nitrogens with two attached hydrogens (primary N) is 2. The summed E-state index contributed by atoms with van der Waals surface area (Å²) in [5.74, 6) is -0.357. The molecule has 0 saturated carbocycles. The maximum Gasteiger partial charge on any atom is 0.320 e. The molecular formula is C8H11N5O2. The fourth-order valence-electron chi connectivity index (χ4n) is 0.937. The lowest BCUT2D eigenvalue weighted by Crippen LogP contribution is -2.25. The second kappa shape index (κ2) is 4.27. The molecule has 7 heteroatoms. The van der Waals surface area contributed by atoms with Crippen molar-refractivity contribution in [3.05, 3.63) is 17.7 Å². The predicted octanol–water partition coefficient (Wildman–Crippen LogP) is -0.486. The summed E-state index contributed by atoms with van der Waals surface area (Å²) in [7, 11) is 1.45. The number of hydrogen-bond acceptors (Lipinski definition) is 4. The van der Waals surface area contributed by atoms with E-state index in [9.17, 15) is 9.59 Å². The number of aromatic nitrogens is 1. The van der Waals surface area contributed by atoms with Crippen LogP contribution in [0.15, 0.2) is 12.1 Å². The normalized spacial score (nSPS) is 9.40. The van der Waals surface area contributed by atoms with Gasteiger partial charge in [0.05, 0.1) is 0 Å². The van der Waals surface area contributed by atoms with Crippen LogP contribution in [0, 0.1) is 0 Å². The highest BCUT2D eigenvalue weighted by Crippen LogP contribution is 2.11. The van der Waals surface area contributed by atoms with Gasteiger partial charge < -0.3 is 16.8 Å². The Bertz CT molecular complexity index is 404. The molecule has 0 aromatic carbocycles. The van der Waals surface area contributed by atoms with Gasteiger partial charge in [0, 0.05) is 12.6 Å². The molecule has 7 nitrogen and oxygen atoms in total. The molecule has 0 bridgehead atoms. The molecule has 80 valence electrons. The fourth-order valence-corrected chi connectivity index (χ4v) is 0.937. The molecule has 15 heavy (non-hydrogen) atoms. The Balaban J connectivity index is 2.98. The van der Waals surface area contributed by atoms with Crippen molar-refractivity contribution in [2.45, 2.75) is 0 Å². The summed E-state index contributed by atoms with van der Waals surface area (Å²) in [5, 5.41) is 4.71. The number of nitrogens with one attached hydrogen (secondary N) is 2. The van der Waals surface area contributed by atoms with Crippen LogP contribution >= 0.6 is 0 Å². The van der Waals surface area contributed by atoms with Crippen LogP contribution in [0.1, 0.15) is 10.4 Å². The molecule has 0 aliphatic carbocycles. The predicted molar refractivity (Wildman–Crippen MR) is 55.2 cm³/mol. The highest BCUT2D eigenvalue weighted by molar-refractivity contribution is 5.95. The van der Waals surface area contributed by atoms with Gasteiger partial charge in [0.15, 0.2) is 0 Å². The van der Waals surface area contributed by atoms with E-state index in [2.05, 4.69) is 15.6 Å². The van der Waals surface area contributed by atoms with Crippen LogP contribution in [0.25, 0.3) is 0 Å². The maximum atomic E-state index is 11.0. The molecule has 6 N–H and O–H groups in total. The van der Waals surface area contributed by atoms with E-state index >= 15 is 0 Å². The Morgan fingerprint density at radius 1 is 1.40 bits per heavy atom. The number of anilines is 2. The third-order valence-corrected chi connectivity index (χ3v) is 1.60. The number of hydrogen-bond donors (Lipinski definition) is 4. The van der Waals surface area contributed by atoms with E-state index in [-0.39, 0.29) is 17.2 Å². The van der Waals surface area contributed by atoms with Crippen LogP contribution in [0.4, 0.5) is 16.4 Å². The van der Waals surface area contributed by atoms with E-state index in [4.69, 9.17) is 11.5 Å². The summed E-state index contributed by atoms with van der Waals surface area (Å²) in [6, 6.07) is 2.22. The van der Waals surface area contributed by atoms with E-state index in [0.29, 0.717) is 0 Å². The Hall–Kier alpha value is -2.31. The summed E-state index contributed by atoms with van der Waals surface area (Å²) in [6.45, 7) is 0. The van der Waals surface area contributed by atoms with E-state index in [0.717, 1.165) is 0 Å². The van der Waals surface area contributed by atoms with Crippen LogP contribution in [0.2, 0.25) is 0 Å². The SMILES string of the molecule is CNC(=O)Nc1cc(C(N)=O)cc(N)n1. The zero-order valence-corrected chi connectivity index (χ0v) is 8.07. The minimum Gasteiger partial charge on any atom is -0.384 e. The Morgan fingerprint density at radius 2 is 2.07 bits per heavy atom. The number of nitrogens with zero attached hydrogens (tertiary/aromatic N) is 1. The molecule has 0 fully saturated rings. The van der Waals surface area contributed by atoms with E-state index in [1.807, 2.05) is 0 Å². The van der Waals surface area contributed by atoms with Crippen molar-refractivity contribution < 1.29 is 9.59 Å². The summed E-state index contributed by atoms with van der Waals surface area (Å²) in [6.07, 6.45) is 0. The third-order valence-electron chi connectivity index (χ3n) is 1.60. The number of rotatable bonds is 2. The number of urea groups is 1. The van der Waals surface area contributed by atoms with Gasteiger partial charge in [-0.05, 0) is 12.1 Å². The van der Waals surface area contributed by atoms with E-state index in [1.165, 1.54) is 19.2 Å². The van der Waals surface area contributed by atoms with Gasteiger partial charge >= 0.3 is 6.03 Å². The molecule has 3 amide bonds. The first kappa shape index (κ1) is 10.8. The number of carbonyl (C=O) groups is 2. The van der Waals surface area contributed by atoms with Gasteiger partial charge in [0.1, 0.15) is 11.6 Å². The third kappa shape index (κ3) is 2.83. The van der Waals surface area contributed by atoms with Gasteiger partial charge in [-0.15, -0.1) is 0 Å². The van der Waals surface area contributed by atoms with Crippen LogP contribution in [0.3, 0.4) is 0 Å². The zero-order valence-electron chi connectivity index (χ0n) is 8.07. The highest BCUT2D eigenvalue weighted by Gasteiger charge is 2.06. The number of carbonyl (C=O) groups excluding carboxylic acids is 2. The highest BCUT2D eigenvalue weighted by atomic mass is 16.2. The molecule has 1 aromatic rings. The molecule has 1 aromatic heterocycles. The molecule has 1 heterocycles. The largest absolute Gasteiger partial charge is 0.384 e. The Morgan fingerprint density at radius 3 is 2.60 bits per heavy atom. The van der Waals surface area contributed by atoms with Gasteiger partial charge in [-0.1, -0.05) is 0 Å². The molecule has 0 aliphatic rings. The van der Waals surface area contributed by atoms with Gasteiger partial charge in [-0.3, -0.25) is 10.1 Å². The van der Waals surface area contributed by atoms with E-state index < -0.39 is 11.9 Å². The van der Waals surface area contributed by atoms with Gasteiger partial charge in [0.25, 0.3) is 0 Å². The lowest BCUT2D eigenvalue weighted by atomic mass is 10.2. The average molecular weight is 209 g/mol.